The van der Waals surface area contributed by atoms with Crippen LogP contribution in [0.1, 0.15) is 11.3 Å². The lowest BCUT2D eigenvalue weighted by molar-refractivity contribution is 0.298. The van der Waals surface area contributed by atoms with Gasteiger partial charge in [-0.3, -0.25) is 9.36 Å². The highest BCUT2D eigenvalue weighted by atomic mass is 35.5. The number of benzene rings is 2. The standard InChI is InChI=1S/C19H14ClF2NO3/c1-11-6-15(26-10-12-2-3-13(21)7-17(12)22)9-19(25)23(11)18-5-4-14(24)8-16(18)20/h2-9,24H,10H2,1H3. The summed E-state index contributed by atoms with van der Waals surface area (Å²) in [6.45, 7) is 1.55. The zero-order valence-corrected chi connectivity index (χ0v) is 14.4. The molecule has 0 bridgehead atoms. The van der Waals surface area contributed by atoms with Crippen molar-refractivity contribution in [2.24, 2.45) is 0 Å². The van der Waals surface area contributed by atoms with Crippen molar-refractivity contribution in [3.63, 3.8) is 0 Å². The van der Waals surface area contributed by atoms with Gasteiger partial charge >= 0.3 is 0 Å². The van der Waals surface area contributed by atoms with Gasteiger partial charge in [0, 0.05) is 35.5 Å². The molecule has 0 amide bonds. The Hall–Kier alpha value is -2.86. The second-order valence-electron chi connectivity index (χ2n) is 5.67. The lowest BCUT2D eigenvalue weighted by Gasteiger charge is -2.14. The monoisotopic (exact) mass is 377 g/mol. The Balaban J connectivity index is 1.88. The Morgan fingerprint density at radius 1 is 1.12 bits per heavy atom. The van der Waals surface area contributed by atoms with E-state index in [9.17, 15) is 18.7 Å². The molecule has 3 rings (SSSR count). The van der Waals surface area contributed by atoms with Crippen molar-refractivity contribution in [1.29, 1.82) is 0 Å². The molecule has 0 aliphatic heterocycles. The number of pyridine rings is 1. The van der Waals surface area contributed by atoms with Crippen LogP contribution in [0, 0.1) is 18.6 Å². The first-order chi connectivity index (χ1) is 12.3. The molecule has 0 saturated heterocycles. The van der Waals surface area contributed by atoms with Crippen LogP contribution in [0.2, 0.25) is 5.02 Å². The SMILES string of the molecule is Cc1cc(OCc2ccc(F)cc2F)cc(=O)n1-c1ccc(O)cc1Cl. The van der Waals surface area contributed by atoms with Crippen LogP contribution in [-0.2, 0) is 6.61 Å². The van der Waals surface area contributed by atoms with E-state index < -0.39 is 17.2 Å². The van der Waals surface area contributed by atoms with Crippen molar-refractivity contribution >= 4 is 11.6 Å². The molecule has 0 atom stereocenters. The van der Waals surface area contributed by atoms with Crippen molar-refractivity contribution in [2.45, 2.75) is 13.5 Å². The van der Waals surface area contributed by atoms with E-state index in [1.807, 2.05) is 0 Å². The van der Waals surface area contributed by atoms with Gasteiger partial charge < -0.3 is 9.84 Å². The number of hydrogen-bond donors (Lipinski definition) is 1. The highest BCUT2D eigenvalue weighted by Gasteiger charge is 2.11. The number of phenols is 1. The van der Waals surface area contributed by atoms with Gasteiger partial charge in [-0.2, -0.15) is 0 Å². The molecule has 2 aromatic carbocycles. The van der Waals surface area contributed by atoms with E-state index >= 15 is 0 Å². The van der Waals surface area contributed by atoms with Gasteiger partial charge in [0.15, 0.2) is 0 Å². The lowest BCUT2D eigenvalue weighted by Crippen LogP contribution is -2.20. The van der Waals surface area contributed by atoms with Gasteiger partial charge in [0.2, 0.25) is 0 Å². The average molecular weight is 378 g/mol. The first-order valence-corrected chi connectivity index (χ1v) is 8.02. The minimum atomic E-state index is -0.717. The number of rotatable bonds is 4. The van der Waals surface area contributed by atoms with E-state index in [4.69, 9.17) is 16.3 Å². The number of ether oxygens (including phenoxy) is 1. The number of aromatic hydroxyl groups is 1. The minimum absolute atomic E-state index is 0.00858. The van der Waals surface area contributed by atoms with E-state index in [0.717, 1.165) is 12.1 Å². The highest BCUT2D eigenvalue weighted by Crippen LogP contribution is 2.26. The maximum atomic E-state index is 13.7. The van der Waals surface area contributed by atoms with Crippen LogP contribution in [-0.4, -0.2) is 9.67 Å². The normalized spacial score (nSPS) is 10.8. The van der Waals surface area contributed by atoms with Gasteiger partial charge in [0.05, 0.1) is 10.7 Å². The van der Waals surface area contributed by atoms with Crippen LogP contribution in [0.4, 0.5) is 8.78 Å². The Bertz CT molecular complexity index is 1030. The van der Waals surface area contributed by atoms with Crippen LogP contribution < -0.4 is 10.3 Å². The molecule has 1 heterocycles. The quantitative estimate of drug-likeness (QED) is 0.735. The molecule has 3 aromatic rings. The molecule has 0 unspecified atom stereocenters. The molecule has 7 heteroatoms. The van der Waals surface area contributed by atoms with Crippen LogP contribution in [0.3, 0.4) is 0 Å². The molecule has 4 nitrogen and oxygen atoms in total. The minimum Gasteiger partial charge on any atom is -0.508 e. The predicted octanol–water partition coefficient (Wildman–Crippen LogP) is 4.36. The summed E-state index contributed by atoms with van der Waals surface area (Å²) >= 11 is 6.10. The summed E-state index contributed by atoms with van der Waals surface area (Å²) < 4.78 is 33.4. The van der Waals surface area contributed by atoms with Crippen LogP contribution >= 0.6 is 11.6 Å². The van der Waals surface area contributed by atoms with Gasteiger partial charge in [-0.25, -0.2) is 8.78 Å². The maximum Gasteiger partial charge on any atom is 0.259 e. The van der Waals surface area contributed by atoms with Crippen molar-refractivity contribution in [2.75, 3.05) is 0 Å². The first-order valence-electron chi connectivity index (χ1n) is 7.64. The topological polar surface area (TPSA) is 51.5 Å². The van der Waals surface area contributed by atoms with Crippen molar-refractivity contribution in [1.82, 2.24) is 4.57 Å². The fourth-order valence-corrected chi connectivity index (χ4v) is 2.80. The molecule has 0 aliphatic carbocycles. The number of phenolic OH excluding ortho intramolecular Hbond substituents is 1. The third kappa shape index (κ3) is 3.70. The highest BCUT2D eigenvalue weighted by molar-refractivity contribution is 6.32. The summed E-state index contributed by atoms with van der Waals surface area (Å²) in [6, 6.07) is 10.3. The van der Waals surface area contributed by atoms with Crippen LogP contribution in [0.5, 0.6) is 11.5 Å². The van der Waals surface area contributed by atoms with Crippen LogP contribution in [0.15, 0.2) is 53.3 Å². The zero-order valence-electron chi connectivity index (χ0n) is 13.7. The van der Waals surface area contributed by atoms with E-state index in [1.54, 1.807) is 13.0 Å². The fraction of sp³-hybridized carbons (Fsp3) is 0.105. The summed E-state index contributed by atoms with van der Waals surface area (Å²) in [6.07, 6.45) is 0. The number of aryl methyl sites for hydroxylation is 1. The second-order valence-corrected chi connectivity index (χ2v) is 6.07. The zero-order chi connectivity index (χ0) is 18.8. The summed E-state index contributed by atoms with van der Waals surface area (Å²) in [5.74, 6) is -1.14. The van der Waals surface area contributed by atoms with Crippen molar-refractivity contribution < 1.29 is 18.6 Å². The summed E-state index contributed by atoms with van der Waals surface area (Å²) in [4.78, 5) is 12.5. The maximum absolute atomic E-state index is 13.7. The first kappa shape index (κ1) is 17.9. The Morgan fingerprint density at radius 2 is 1.88 bits per heavy atom. The fourth-order valence-electron chi connectivity index (χ4n) is 2.54. The van der Waals surface area contributed by atoms with Gasteiger partial charge in [-0.15, -0.1) is 0 Å². The molecular weight excluding hydrogens is 364 g/mol. The number of halogens is 3. The third-order valence-corrected chi connectivity index (χ3v) is 4.07. The lowest BCUT2D eigenvalue weighted by atomic mass is 10.2. The van der Waals surface area contributed by atoms with Gasteiger partial charge in [0.25, 0.3) is 5.56 Å². The Morgan fingerprint density at radius 3 is 2.54 bits per heavy atom. The second kappa shape index (κ2) is 7.17. The smallest absolute Gasteiger partial charge is 0.259 e. The van der Waals surface area contributed by atoms with E-state index in [0.29, 0.717) is 11.4 Å². The summed E-state index contributed by atoms with van der Waals surface area (Å²) in [5.41, 5.74) is 0.741. The Labute approximate surface area is 152 Å². The molecule has 0 aliphatic rings. The van der Waals surface area contributed by atoms with E-state index in [2.05, 4.69) is 0 Å². The van der Waals surface area contributed by atoms with Crippen molar-refractivity contribution in [3.8, 4) is 17.2 Å². The molecule has 134 valence electrons. The van der Waals surface area contributed by atoms with Gasteiger partial charge in [-0.05, 0) is 31.2 Å². The van der Waals surface area contributed by atoms with Crippen molar-refractivity contribution in [3.05, 3.63) is 86.8 Å². The third-order valence-electron chi connectivity index (χ3n) is 3.77. The van der Waals surface area contributed by atoms with E-state index in [-0.39, 0.29) is 28.7 Å². The van der Waals surface area contributed by atoms with Gasteiger partial charge in [-0.1, -0.05) is 11.6 Å². The molecule has 26 heavy (non-hydrogen) atoms. The average Bonchev–Trinajstić information content (AvgIpc) is 2.55. The van der Waals surface area contributed by atoms with Gasteiger partial charge in [0.1, 0.15) is 29.7 Å². The number of hydrogen-bond acceptors (Lipinski definition) is 3. The molecular formula is C19H14ClF2NO3. The molecule has 0 spiro atoms. The molecule has 0 fully saturated rings. The molecule has 0 saturated carbocycles. The summed E-state index contributed by atoms with van der Waals surface area (Å²) in [7, 11) is 0. The molecule has 0 radical (unpaired) electrons. The molecule has 1 aromatic heterocycles. The van der Waals surface area contributed by atoms with E-state index in [1.165, 1.54) is 34.9 Å². The molecule has 1 N–H and O–H groups in total. The van der Waals surface area contributed by atoms with Crippen LogP contribution in [0.25, 0.3) is 5.69 Å². The predicted molar refractivity (Wildman–Crippen MR) is 94.1 cm³/mol. The summed E-state index contributed by atoms with van der Waals surface area (Å²) in [5, 5.41) is 9.66. The Kier molecular flexibility index (Phi) is 4.95. The number of nitrogens with zero attached hydrogens (tertiary/aromatic N) is 1. The number of aromatic nitrogens is 1. The largest absolute Gasteiger partial charge is 0.508 e.